The second kappa shape index (κ2) is 9.38. The number of thiophene rings is 1. The van der Waals surface area contributed by atoms with Gasteiger partial charge in [-0.05, 0) is 43.0 Å². The first-order chi connectivity index (χ1) is 16.5. The molecule has 2 N–H and O–H groups in total. The van der Waals surface area contributed by atoms with Crippen molar-refractivity contribution in [3.05, 3.63) is 81.7 Å². The summed E-state index contributed by atoms with van der Waals surface area (Å²) in [6.45, 7) is 3.08. The molecule has 2 aromatic carbocycles. The van der Waals surface area contributed by atoms with E-state index in [0.717, 1.165) is 36.1 Å². The topological polar surface area (TPSA) is 78.1 Å². The molecule has 1 saturated heterocycles. The van der Waals surface area contributed by atoms with Gasteiger partial charge < -0.3 is 10.2 Å². The smallest absolute Gasteiger partial charge is 0.270 e. The zero-order valence-electron chi connectivity index (χ0n) is 18.8. The zero-order chi connectivity index (χ0) is 23.7. The van der Waals surface area contributed by atoms with Crippen molar-refractivity contribution in [2.24, 2.45) is 5.92 Å². The summed E-state index contributed by atoms with van der Waals surface area (Å²) in [5.74, 6) is -0.0824. The molecule has 1 fully saturated rings. The average molecular weight is 477 g/mol. The van der Waals surface area contributed by atoms with Crippen LogP contribution in [-0.2, 0) is 4.79 Å². The second-order valence-corrected chi connectivity index (χ2v) is 9.53. The van der Waals surface area contributed by atoms with E-state index in [2.05, 4.69) is 10.3 Å². The summed E-state index contributed by atoms with van der Waals surface area (Å²) < 4.78 is 13.8. The van der Waals surface area contributed by atoms with E-state index in [1.54, 1.807) is 12.1 Å². The molecule has 0 unspecified atom stereocenters. The maximum Gasteiger partial charge on any atom is 0.270 e. The number of nitrogens with one attached hydrogen (secondary N) is 2. The minimum atomic E-state index is -0.301. The fourth-order valence-corrected chi connectivity index (χ4v) is 5.35. The van der Waals surface area contributed by atoms with Crippen molar-refractivity contribution in [3.8, 4) is 11.1 Å². The molecule has 6 nitrogen and oxygen atoms in total. The number of aromatic amines is 1. The molecule has 0 bridgehead atoms. The number of H-pyrrole nitrogens is 1. The second-order valence-electron chi connectivity index (χ2n) is 8.65. The standard InChI is InChI=1S/C26H25FN4O2S/c1-16(17-9-11-20(27)12-10-17)28-24(32)19-8-5-13-31(14-19)26-29-22-21(18-6-3-2-4-7-18)15-34-23(22)25(33)30-26/h2-4,6-7,9-12,15-16,19H,5,8,13-14H2,1H3,(H,28,32)(H,29,30,33)/t16-,19+/m1/s1. The Morgan fingerprint density at radius 1 is 1.21 bits per heavy atom. The van der Waals surface area contributed by atoms with E-state index < -0.39 is 0 Å². The van der Waals surface area contributed by atoms with Crippen molar-refractivity contribution in [2.45, 2.75) is 25.8 Å². The van der Waals surface area contributed by atoms with Crippen LogP contribution in [0.25, 0.3) is 21.3 Å². The fraction of sp³-hybridized carbons (Fsp3) is 0.269. The lowest BCUT2D eigenvalue weighted by atomic mass is 9.96. The molecule has 0 aliphatic carbocycles. The normalized spacial score (nSPS) is 17.0. The van der Waals surface area contributed by atoms with Crippen LogP contribution < -0.4 is 15.8 Å². The highest BCUT2D eigenvalue weighted by Gasteiger charge is 2.28. The largest absolute Gasteiger partial charge is 0.349 e. The molecule has 3 heterocycles. The molecule has 34 heavy (non-hydrogen) atoms. The molecule has 0 spiro atoms. The number of benzene rings is 2. The predicted octanol–water partition coefficient (Wildman–Crippen LogP) is 4.88. The van der Waals surface area contributed by atoms with Gasteiger partial charge in [-0.2, -0.15) is 0 Å². The maximum atomic E-state index is 13.2. The third-order valence-corrected chi connectivity index (χ3v) is 7.29. The number of aromatic nitrogens is 2. The number of piperidine rings is 1. The van der Waals surface area contributed by atoms with Gasteiger partial charge in [0.15, 0.2) is 0 Å². The van der Waals surface area contributed by atoms with Gasteiger partial charge in [-0.1, -0.05) is 42.5 Å². The van der Waals surface area contributed by atoms with Gasteiger partial charge in [-0.3, -0.25) is 14.6 Å². The number of carbonyl (C=O) groups excluding carboxylic acids is 1. The first-order valence-electron chi connectivity index (χ1n) is 11.4. The Hall–Kier alpha value is -3.52. The summed E-state index contributed by atoms with van der Waals surface area (Å²) >= 11 is 1.39. The lowest BCUT2D eigenvalue weighted by molar-refractivity contribution is -0.125. The van der Waals surface area contributed by atoms with Crippen molar-refractivity contribution < 1.29 is 9.18 Å². The van der Waals surface area contributed by atoms with Crippen molar-refractivity contribution in [3.63, 3.8) is 0 Å². The number of amides is 1. The van der Waals surface area contributed by atoms with Crippen LogP contribution in [0.1, 0.15) is 31.4 Å². The lowest BCUT2D eigenvalue weighted by Crippen LogP contribution is -2.44. The minimum Gasteiger partial charge on any atom is -0.349 e. The van der Waals surface area contributed by atoms with Crippen LogP contribution in [0.15, 0.2) is 64.8 Å². The van der Waals surface area contributed by atoms with Gasteiger partial charge in [-0.25, -0.2) is 9.37 Å². The Morgan fingerprint density at radius 3 is 2.74 bits per heavy atom. The average Bonchev–Trinajstić information content (AvgIpc) is 3.30. The molecule has 174 valence electrons. The SMILES string of the molecule is C[C@@H](NC(=O)[C@H]1CCCN(c2nc3c(-c4ccccc4)csc3c(=O)[nH]2)C1)c1ccc(F)cc1. The quantitative estimate of drug-likeness (QED) is 0.430. The van der Waals surface area contributed by atoms with Gasteiger partial charge >= 0.3 is 0 Å². The molecule has 2 atom stereocenters. The first kappa shape index (κ1) is 22.3. The number of rotatable bonds is 5. The van der Waals surface area contributed by atoms with E-state index in [1.807, 2.05) is 47.5 Å². The highest BCUT2D eigenvalue weighted by atomic mass is 32.1. The third-order valence-electron chi connectivity index (χ3n) is 6.32. The zero-order valence-corrected chi connectivity index (χ0v) is 19.6. The molecule has 1 aliphatic rings. The van der Waals surface area contributed by atoms with E-state index >= 15 is 0 Å². The van der Waals surface area contributed by atoms with E-state index in [4.69, 9.17) is 4.98 Å². The number of nitrogens with zero attached hydrogens (tertiary/aromatic N) is 2. The minimum absolute atomic E-state index is 0.0505. The van der Waals surface area contributed by atoms with Crippen LogP contribution in [0, 0.1) is 11.7 Å². The van der Waals surface area contributed by atoms with Crippen LogP contribution >= 0.6 is 11.3 Å². The molecule has 8 heteroatoms. The molecule has 1 aliphatic heterocycles. The highest BCUT2D eigenvalue weighted by Crippen LogP contribution is 2.32. The van der Waals surface area contributed by atoms with Gasteiger partial charge in [0.25, 0.3) is 5.56 Å². The molecule has 1 amide bonds. The monoisotopic (exact) mass is 476 g/mol. The van der Waals surface area contributed by atoms with Crippen LogP contribution in [0.2, 0.25) is 0 Å². The van der Waals surface area contributed by atoms with Crippen LogP contribution in [0.3, 0.4) is 0 Å². The van der Waals surface area contributed by atoms with Crippen molar-refractivity contribution >= 4 is 33.4 Å². The van der Waals surface area contributed by atoms with Crippen LogP contribution in [0.5, 0.6) is 0 Å². The molecule has 2 aromatic heterocycles. The van der Waals surface area contributed by atoms with Crippen molar-refractivity contribution in [2.75, 3.05) is 18.0 Å². The summed E-state index contributed by atoms with van der Waals surface area (Å²) in [5, 5.41) is 5.01. The van der Waals surface area contributed by atoms with E-state index in [0.29, 0.717) is 22.7 Å². The molecule has 5 rings (SSSR count). The van der Waals surface area contributed by atoms with Crippen molar-refractivity contribution in [1.29, 1.82) is 0 Å². The van der Waals surface area contributed by atoms with E-state index in [9.17, 15) is 14.0 Å². The highest BCUT2D eigenvalue weighted by molar-refractivity contribution is 7.17. The van der Waals surface area contributed by atoms with Gasteiger partial charge in [-0.15, -0.1) is 11.3 Å². The number of fused-ring (bicyclic) bond motifs is 1. The van der Waals surface area contributed by atoms with E-state index in [1.165, 1.54) is 23.5 Å². The molecular weight excluding hydrogens is 451 g/mol. The van der Waals surface area contributed by atoms with Crippen molar-refractivity contribution in [1.82, 2.24) is 15.3 Å². The summed E-state index contributed by atoms with van der Waals surface area (Å²) in [5.41, 5.74) is 3.33. The summed E-state index contributed by atoms with van der Waals surface area (Å²) in [4.78, 5) is 35.5. The van der Waals surface area contributed by atoms with Gasteiger partial charge in [0.2, 0.25) is 11.9 Å². The summed E-state index contributed by atoms with van der Waals surface area (Å²) in [7, 11) is 0. The summed E-state index contributed by atoms with van der Waals surface area (Å²) in [6, 6.07) is 15.8. The Balaban J connectivity index is 1.36. The third kappa shape index (κ3) is 4.46. The Morgan fingerprint density at radius 2 is 1.97 bits per heavy atom. The molecule has 0 radical (unpaired) electrons. The molecule has 0 saturated carbocycles. The van der Waals surface area contributed by atoms with Gasteiger partial charge in [0.05, 0.1) is 17.5 Å². The number of hydrogen-bond donors (Lipinski definition) is 2. The Bertz CT molecular complexity index is 1370. The number of hydrogen-bond acceptors (Lipinski definition) is 5. The lowest BCUT2D eigenvalue weighted by Gasteiger charge is -2.33. The predicted molar refractivity (Wildman–Crippen MR) is 134 cm³/mol. The maximum absolute atomic E-state index is 13.2. The van der Waals surface area contributed by atoms with E-state index in [-0.39, 0.29) is 29.2 Å². The van der Waals surface area contributed by atoms with Gasteiger partial charge in [0.1, 0.15) is 10.5 Å². The number of halogens is 1. The molecule has 4 aromatic rings. The van der Waals surface area contributed by atoms with Crippen LogP contribution in [0.4, 0.5) is 10.3 Å². The number of anilines is 1. The summed E-state index contributed by atoms with van der Waals surface area (Å²) in [6.07, 6.45) is 1.58. The number of carbonyl (C=O) groups is 1. The van der Waals surface area contributed by atoms with Gasteiger partial charge in [0, 0.05) is 24.0 Å². The Kier molecular flexibility index (Phi) is 6.15. The van der Waals surface area contributed by atoms with Crippen LogP contribution in [-0.4, -0.2) is 29.0 Å². The first-order valence-corrected chi connectivity index (χ1v) is 12.3. The Labute approximate surface area is 200 Å². The fourth-order valence-electron chi connectivity index (χ4n) is 4.44. The molecular formula is C26H25FN4O2S.